The number of halogens is 1. The van der Waals surface area contributed by atoms with E-state index >= 15 is 0 Å². The lowest BCUT2D eigenvalue weighted by Gasteiger charge is -2.16. The Bertz CT molecular complexity index is 504. The van der Waals surface area contributed by atoms with E-state index in [4.69, 9.17) is 11.6 Å². The molecule has 3 nitrogen and oxygen atoms in total. The Kier molecular flexibility index (Phi) is 5.40. The summed E-state index contributed by atoms with van der Waals surface area (Å²) in [5, 5.41) is 13.9. The van der Waals surface area contributed by atoms with E-state index in [1.807, 2.05) is 12.1 Å². The lowest BCUT2D eigenvalue weighted by Crippen LogP contribution is -2.16. The minimum absolute atomic E-state index is 0.600. The van der Waals surface area contributed by atoms with E-state index in [1.165, 1.54) is 12.8 Å². The van der Waals surface area contributed by atoms with Crippen molar-refractivity contribution in [3.05, 3.63) is 30.5 Å². The first-order valence-electron chi connectivity index (χ1n) is 6.85. The molecule has 1 aromatic heterocycles. The summed E-state index contributed by atoms with van der Waals surface area (Å²) in [7, 11) is 0. The van der Waals surface area contributed by atoms with Crippen molar-refractivity contribution in [1.82, 2.24) is 10.2 Å². The summed E-state index contributed by atoms with van der Waals surface area (Å²) in [5.74, 6) is 2.19. The largest absolute Gasteiger partial charge is 0.368 e. The fourth-order valence-electron chi connectivity index (χ4n) is 2.31. The topological polar surface area (TPSA) is 37.8 Å². The summed E-state index contributed by atoms with van der Waals surface area (Å²) < 4.78 is 0. The normalized spacial score (nSPS) is 12.5. The molecule has 0 aliphatic heterocycles. The SMILES string of the molecule is CCCC(CCCl)CNc1nncc2ccccc12. The predicted octanol–water partition coefficient (Wildman–Crippen LogP) is 4.09. The minimum Gasteiger partial charge on any atom is -0.368 e. The van der Waals surface area contributed by atoms with E-state index in [2.05, 4.69) is 34.6 Å². The summed E-state index contributed by atoms with van der Waals surface area (Å²) in [5.41, 5.74) is 0. The molecule has 1 aromatic carbocycles. The van der Waals surface area contributed by atoms with Crippen LogP contribution in [0.1, 0.15) is 26.2 Å². The molecule has 0 aliphatic carbocycles. The molecule has 1 N–H and O–H groups in total. The average Bonchev–Trinajstić information content (AvgIpc) is 2.45. The Hall–Kier alpha value is -1.35. The maximum atomic E-state index is 5.85. The van der Waals surface area contributed by atoms with Crippen molar-refractivity contribution in [3.8, 4) is 0 Å². The second-order valence-electron chi connectivity index (χ2n) is 4.79. The van der Waals surface area contributed by atoms with Crippen LogP contribution >= 0.6 is 11.6 Å². The van der Waals surface area contributed by atoms with Crippen LogP contribution in [0.15, 0.2) is 30.5 Å². The molecule has 2 aromatic rings. The molecular formula is C15H20ClN3. The van der Waals surface area contributed by atoms with Gasteiger partial charge in [-0.05, 0) is 18.8 Å². The number of benzene rings is 1. The van der Waals surface area contributed by atoms with Crippen molar-refractivity contribution in [2.75, 3.05) is 17.7 Å². The smallest absolute Gasteiger partial charge is 0.156 e. The Morgan fingerprint density at radius 3 is 2.89 bits per heavy atom. The first-order chi connectivity index (χ1) is 9.35. The number of nitrogens with one attached hydrogen (secondary N) is 1. The molecule has 102 valence electrons. The number of hydrogen-bond acceptors (Lipinski definition) is 3. The van der Waals surface area contributed by atoms with Crippen LogP contribution < -0.4 is 5.32 Å². The van der Waals surface area contributed by atoms with Gasteiger partial charge in [0.1, 0.15) is 0 Å². The Balaban J connectivity index is 2.08. The van der Waals surface area contributed by atoms with Gasteiger partial charge in [-0.1, -0.05) is 37.6 Å². The van der Waals surface area contributed by atoms with Gasteiger partial charge in [0, 0.05) is 23.2 Å². The Morgan fingerprint density at radius 1 is 1.26 bits per heavy atom. The number of nitrogens with zero attached hydrogens (tertiary/aromatic N) is 2. The summed E-state index contributed by atoms with van der Waals surface area (Å²) in [6.07, 6.45) is 5.21. The van der Waals surface area contributed by atoms with Crippen molar-refractivity contribution >= 4 is 28.2 Å². The minimum atomic E-state index is 0.600. The van der Waals surface area contributed by atoms with E-state index in [1.54, 1.807) is 6.20 Å². The van der Waals surface area contributed by atoms with Crippen LogP contribution in [0.25, 0.3) is 10.8 Å². The number of rotatable bonds is 7. The van der Waals surface area contributed by atoms with E-state index in [0.29, 0.717) is 11.8 Å². The molecule has 0 amide bonds. The zero-order chi connectivity index (χ0) is 13.5. The third-order valence-electron chi connectivity index (χ3n) is 3.34. The van der Waals surface area contributed by atoms with Gasteiger partial charge in [0.05, 0.1) is 6.20 Å². The highest BCUT2D eigenvalue weighted by Gasteiger charge is 2.09. The fourth-order valence-corrected chi connectivity index (χ4v) is 2.62. The van der Waals surface area contributed by atoms with Crippen LogP contribution in [-0.2, 0) is 0 Å². The summed E-state index contributed by atoms with van der Waals surface area (Å²) >= 11 is 5.85. The second-order valence-corrected chi connectivity index (χ2v) is 5.17. The number of anilines is 1. The zero-order valence-electron chi connectivity index (χ0n) is 11.3. The molecular weight excluding hydrogens is 258 g/mol. The van der Waals surface area contributed by atoms with Crippen LogP contribution in [0.5, 0.6) is 0 Å². The summed E-state index contributed by atoms with van der Waals surface area (Å²) in [4.78, 5) is 0. The van der Waals surface area contributed by atoms with Gasteiger partial charge >= 0.3 is 0 Å². The molecule has 0 fully saturated rings. The molecule has 0 radical (unpaired) electrons. The fraction of sp³-hybridized carbons (Fsp3) is 0.467. The van der Waals surface area contributed by atoms with Crippen molar-refractivity contribution in [1.29, 1.82) is 0 Å². The second kappa shape index (κ2) is 7.29. The molecule has 1 atom stereocenters. The molecule has 1 unspecified atom stereocenters. The molecule has 19 heavy (non-hydrogen) atoms. The number of fused-ring (bicyclic) bond motifs is 1. The van der Waals surface area contributed by atoms with E-state index < -0.39 is 0 Å². The van der Waals surface area contributed by atoms with Crippen LogP contribution in [0.2, 0.25) is 0 Å². The summed E-state index contributed by atoms with van der Waals surface area (Å²) in [6, 6.07) is 8.17. The lowest BCUT2D eigenvalue weighted by atomic mass is 10.0. The lowest BCUT2D eigenvalue weighted by molar-refractivity contribution is 0.489. The first-order valence-corrected chi connectivity index (χ1v) is 7.39. The van der Waals surface area contributed by atoms with Gasteiger partial charge in [-0.3, -0.25) is 0 Å². The van der Waals surface area contributed by atoms with Crippen molar-refractivity contribution in [3.63, 3.8) is 0 Å². The third-order valence-corrected chi connectivity index (χ3v) is 3.56. The Labute approximate surface area is 119 Å². The molecule has 0 spiro atoms. The first kappa shape index (κ1) is 14.1. The predicted molar refractivity (Wildman–Crippen MR) is 81.8 cm³/mol. The maximum Gasteiger partial charge on any atom is 0.156 e. The van der Waals surface area contributed by atoms with E-state index in [9.17, 15) is 0 Å². The van der Waals surface area contributed by atoms with Crippen LogP contribution in [0.4, 0.5) is 5.82 Å². The van der Waals surface area contributed by atoms with Crippen LogP contribution in [0.3, 0.4) is 0 Å². The van der Waals surface area contributed by atoms with Crippen LogP contribution in [0, 0.1) is 5.92 Å². The van der Waals surface area contributed by atoms with Gasteiger partial charge in [-0.2, -0.15) is 5.10 Å². The van der Waals surface area contributed by atoms with Crippen LogP contribution in [-0.4, -0.2) is 22.6 Å². The van der Waals surface area contributed by atoms with E-state index in [0.717, 1.165) is 29.6 Å². The highest BCUT2D eigenvalue weighted by atomic mass is 35.5. The number of alkyl halides is 1. The monoisotopic (exact) mass is 277 g/mol. The molecule has 0 bridgehead atoms. The number of hydrogen-bond donors (Lipinski definition) is 1. The van der Waals surface area contributed by atoms with Gasteiger partial charge in [-0.25, -0.2) is 0 Å². The van der Waals surface area contributed by atoms with Gasteiger partial charge in [-0.15, -0.1) is 16.7 Å². The quantitative estimate of drug-likeness (QED) is 0.775. The zero-order valence-corrected chi connectivity index (χ0v) is 12.0. The van der Waals surface area contributed by atoms with Gasteiger partial charge in [0.15, 0.2) is 5.82 Å². The van der Waals surface area contributed by atoms with Gasteiger partial charge < -0.3 is 5.32 Å². The molecule has 2 rings (SSSR count). The Morgan fingerprint density at radius 2 is 2.11 bits per heavy atom. The standard InChI is InChI=1S/C15H20ClN3/c1-2-5-12(8-9-16)10-17-15-14-7-4-3-6-13(14)11-18-19-15/h3-4,6-7,11-12H,2,5,8-10H2,1H3,(H,17,19). The van der Waals surface area contributed by atoms with Crippen molar-refractivity contribution < 1.29 is 0 Å². The van der Waals surface area contributed by atoms with Crippen molar-refractivity contribution in [2.24, 2.45) is 5.92 Å². The highest BCUT2D eigenvalue weighted by Crippen LogP contribution is 2.20. The van der Waals surface area contributed by atoms with Gasteiger partial charge in [0.2, 0.25) is 0 Å². The molecule has 4 heteroatoms. The molecule has 1 heterocycles. The summed E-state index contributed by atoms with van der Waals surface area (Å²) in [6.45, 7) is 3.11. The molecule has 0 saturated heterocycles. The third kappa shape index (κ3) is 3.80. The molecule has 0 saturated carbocycles. The van der Waals surface area contributed by atoms with E-state index in [-0.39, 0.29) is 0 Å². The maximum absolute atomic E-state index is 5.85. The van der Waals surface area contributed by atoms with Gasteiger partial charge in [0.25, 0.3) is 0 Å². The van der Waals surface area contributed by atoms with Crippen molar-refractivity contribution in [2.45, 2.75) is 26.2 Å². The number of aromatic nitrogens is 2. The average molecular weight is 278 g/mol. The highest BCUT2D eigenvalue weighted by molar-refractivity contribution is 6.17. The molecule has 0 aliphatic rings.